The Labute approximate surface area is 193 Å². The molecule has 0 unspecified atom stereocenters. The number of unbranched alkanes of at least 4 members (excludes halogenated alkanes) is 14. The van der Waals surface area contributed by atoms with E-state index >= 15 is 0 Å². The third kappa shape index (κ3) is 21.6. The summed E-state index contributed by atoms with van der Waals surface area (Å²) in [6.45, 7) is 2.25. The van der Waals surface area contributed by atoms with Gasteiger partial charge in [0.15, 0.2) is 0 Å². The van der Waals surface area contributed by atoms with E-state index in [0.717, 1.165) is 19.3 Å². The van der Waals surface area contributed by atoms with Gasteiger partial charge in [0.05, 0.1) is 0 Å². The normalized spacial score (nSPS) is 11.5. The summed E-state index contributed by atoms with van der Waals surface area (Å²) in [6, 6.07) is -1.12. The average molecular weight is 441 g/mol. The Morgan fingerprint density at radius 1 is 0.667 bits per heavy atom. The molecule has 1 amide bonds. The number of carbonyl (C=O) groups excluding carboxylic acids is 1. The molecule has 0 aliphatic heterocycles. The molecule has 30 heavy (non-hydrogen) atoms. The van der Waals surface area contributed by atoms with E-state index in [4.69, 9.17) is 10.2 Å². The maximum atomic E-state index is 11.8. The molecule has 0 saturated heterocycles. The summed E-state index contributed by atoms with van der Waals surface area (Å²) in [5, 5.41) is 20.1. The molecule has 3 radical (unpaired) electrons. The summed E-state index contributed by atoms with van der Waals surface area (Å²) in [5.74, 6) is -2.55. The van der Waals surface area contributed by atoms with Crippen molar-refractivity contribution in [3.05, 3.63) is 0 Å². The average Bonchev–Trinajstić information content (AvgIpc) is 2.67. The van der Waals surface area contributed by atoms with Crippen LogP contribution >= 0.6 is 0 Å². The minimum absolute atomic E-state index is 0. The Bertz CT molecular complexity index is 445. The zero-order chi connectivity index (χ0) is 21.7. The summed E-state index contributed by atoms with van der Waals surface area (Å²) in [6.07, 6.45) is 18.8. The van der Waals surface area contributed by atoms with E-state index in [0.29, 0.717) is 6.42 Å². The topological polar surface area (TPSA) is 104 Å². The molecular weight excluding hydrogens is 397 g/mol. The number of carboxylic acids is 2. The van der Waals surface area contributed by atoms with Crippen LogP contribution in [0.15, 0.2) is 0 Å². The number of amides is 1. The van der Waals surface area contributed by atoms with Crippen molar-refractivity contribution in [1.82, 2.24) is 5.32 Å². The zero-order valence-corrected chi connectivity index (χ0v) is 20.2. The van der Waals surface area contributed by atoms with Gasteiger partial charge >= 0.3 is 11.9 Å². The van der Waals surface area contributed by atoms with Crippen LogP contribution < -0.4 is 5.32 Å². The van der Waals surface area contributed by atoms with E-state index in [-0.39, 0.29) is 36.1 Å². The molecule has 0 aromatic heterocycles. The number of carbonyl (C=O) groups is 3. The Balaban J connectivity index is 0. The van der Waals surface area contributed by atoms with E-state index in [9.17, 15) is 14.4 Å². The third-order valence-electron chi connectivity index (χ3n) is 5.29. The van der Waals surface area contributed by atoms with Gasteiger partial charge in [0.2, 0.25) is 5.91 Å². The highest BCUT2D eigenvalue weighted by Gasteiger charge is 2.20. The highest BCUT2D eigenvalue weighted by Crippen LogP contribution is 2.13. The van der Waals surface area contributed by atoms with Gasteiger partial charge in [-0.3, -0.25) is 9.59 Å². The summed E-state index contributed by atoms with van der Waals surface area (Å²) >= 11 is 0. The second kappa shape index (κ2) is 22.6. The quantitative estimate of drug-likeness (QED) is 0.166. The fraction of sp³-hybridized carbons (Fsp3) is 0.870. The lowest BCUT2D eigenvalue weighted by Gasteiger charge is -2.13. The molecule has 0 aliphatic carbocycles. The standard InChI is InChI=1S/C23H43NO5.Al/c1-2-3-4-5-6-7-8-9-10-11-12-13-14-15-16-17-21(25)24-20(23(28)29)18-19-22(26)27;/h20H,2-19H2,1H3,(H,24,25)(H,26,27)(H,28,29);/t20-;/m0./s1. The highest BCUT2D eigenvalue weighted by molar-refractivity contribution is 5.83. The monoisotopic (exact) mass is 440 g/mol. The molecule has 0 aromatic rings. The molecule has 3 N–H and O–H groups in total. The first kappa shape index (κ1) is 31.1. The van der Waals surface area contributed by atoms with Crippen LogP contribution in [0, 0.1) is 0 Å². The van der Waals surface area contributed by atoms with Crippen LogP contribution in [-0.2, 0) is 14.4 Å². The second-order valence-corrected chi connectivity index (χ2v) is 8.09. The van der Waals surface area contributed by atoms with Crippen LogP contribution in [0.2, 0.25) is 0 Å². The van der Waals surface area contributed by atoms with Crippen LogP contribution in [0.25, 0.3) is 0 Å². The Hall–Kier alpha value is -1.06. The van der Waals surface area contributed by atoms with Gasteiger partial charge in [-0.15, -0.1) is 0 Å². The van der Waals surface area contributed by atoms with E-state index < -0.39 is 18.0 Å². The fourth-order valence-electron chi connectivity index (χ4n) is 3.45. The summed E-state index contributed by atoms with van der Waals surface area (Å²) in [5.41, 5.74) is 0. The largest absolute Gasteiger partial charge is 0.481 e. The Kier molecular flexibility index (Phi) is 23.5. The minimum Gasteiger partial charge on any atom is -0.481 e. The molecule has 0 aliphatic rings. The molecular formula is C23H43AlNO5. The van der Waals surface area contributed by atoms with Gasteiger partial charge in [-0.25, -0.2) is 4.79 Å². The molecule has 173 valence electrons. The summed E-state index contributed by atoms with van der Waals surface area (Å²) < 4.78 is 0. The first-order valence-corrected chi connectivity index (χ1v) is 11.7. The fourth-order valence-corrected chi connectivity index (χ4v) is 3.45. The minimum atomic E-state index is -1.18. The Morgan fingerprint density at radius 3 is 1.43 bits per heavy atom. The lowest BCUT2D eigenvalue weighted by molar-refractivity contribution is -0.143. The third-order valence-corrected chi connectivity index (χ3v) is 5.29. The van der Waals surface area contributed by atoms with Crippen LogP contribution in [-0.4, -0.2) is 51.5 Å². The summed E-state index contributed by atoms with van der Waals surface area (Å²) in [4.78, 5) is 33.4. The molecule has 0 spiro atoms. The molecule has 6 nitrogen and oxygen atoms in total. The number of hydrogen-bond acceptors (Lipinski definition) is 3. The molecule has 0 saturated carbocycles. The van der Waals surface area contributed by atoms with Gasteiger partial charge in [0.1, 0.15) is 6.04 Å². The second-order valence-electron chi connectivity index (χ2n) is 8.09. The first-order valence-electron chi connectivity index (χ1n) is 11.7. The van der Waals surface area contributed by atoms with Gasteiger partial charge < -0.3 is 15.5 Å². The van der Waals surface area contributed by atoms with Crippen molar-refractivity contribution in [1.29, 1.82) is 0 Å². The molecule has 0 rings (SSSR count). The first-order chi connectivity index (χ1) is 14.0. The predicted octanol–water partition coefficient (Wildman–Crippen LogP) is 5.30. The van der Waals surface area contributed by atoms with E-state index in [1.807, 2.05) is 0 Å². The lowest BCUT2D eigenvalue weighted by Crippen LogP contribution is -2.41. The molecule has 0 bridgehead atoms. The van der Waals surface area contributed by atoms with Crippen LogP contribution in [0.3, 0.4) is 0 Å². The van der Waals surface area contributed by atoms with Crippen molar-refractivity contribution >= 4 is 35.2 Å². The van der Waals surface area contributed by atoms with Gasteiger partial charge in [0, 0.05) is 30.2 Å². The van der Waals surface area contributed by atoms with Crippen molar-refractivity contribution < 1.29 is 24.6 Å². The van der Waals surface area contributed by atoms with Crippen molar-refractivity contribution in [2.45, 2.75) is 129 Å². The van der Waals surface area contributed by atoms with Gasteiger partial charge in [0.25, 0.3) is 0 Å². The zero-order valence-electron chi connectivity index (χ0n) is 19.0. The van der Waals surface area contributed by atoms with Crippen molar-refractivity contribution in [2.24, 2.45) is 0 Å². The Morgan fingerprint density at radius 2 is 1.07 bits per heavy atom. The van der Waals surface area contributed by atoms with Crippen LogP contribution in [0.5, 0.6) is 0 Å². The predicted molar refractivity (Wildman–Crippen MR) is 122 cm³/mol. The lowest BCUT2D eigenvalue weighted by atomic mass is 10.0. The van der Waals surface area contributed by atoms with Crippen LogP contribution in [0.1, 0.15) is 122 Å². The van der Waals surface area contributed by atoms with Gasteiger partial charge in [-0.1, -0.05) is 96.8 Å². The molecule has 0 fully saturated rings. The molecule has 1 atom stereocenters. The summed E-state index contributed by atoms with van der Waals surface area (Å²) in [7, 11) is 0. The number of hydrogen-bond donors (Lipinski definition) is 3. The van der Waals surface area contributed by atoms with E-state index in [1.54, 1.807) is 0 Å². The maximum absolute atomic E-state index is 11.8. The number of aliphatic carboxylic acids is 2. The van der Waals surface area contributed by atoms with Gasteiger partial charge in [-0.2, -0.15) is 0 Å². The van der Waals surface area contributed by atoms with E-state index in [1.165, 1.54) is 77.0 Å². The highest BCUT2D eigenvalue weighted by atomic mass is 27.0. The smallest absolute Gasteiger partial charge is 0.326 e. The number of nitrogens with one attached hydrogen (secondary N) is 1. The van der Waals surface area contributed by atoms with Gasteiger partial charge in [-0.05, 0) is 12.8 Å². The van der Waals surface area contributed by atoms with Crippen molar-refractivity contribution in [3.63, 3.8) is 0 Å². The van der Waals surface area contributed by atoms with Crippen LogP contribution in [0.4, 0.5) is 0 Å². The number of rotatable bonds is 21. The maximum Gasteiger partial charge on any atom is 0.326 e. The molecule has 0 heterocycles. The molecule has 0 aromatic carbocycles. The van der Waals surface area contributed by atoms with Crippen molar-refractivity contribution in [2.75, 3.05) is 0 Å². The van der Waals surface area contributed by atoms with Crippen molar-refractivity contribution in [3.8, 4) is 0 Å². The molecule has 7 heteroatoms. The SMILES string of the molecule is CCCCCCCCCCCCCCCCCC(=O)N[C@@H](CCC(=O)O)C(=O)O.[Al]. The van der Waals surface area contributed by atoms with E-state index in [2.05, 4.69) is 12.2 Å². The number of carboxylic acid groups (broad SMARTS) is 2.